The Labute approximate surface area is 116 Å². The van der Waals surface area contributed by atoms with Crippen LogP contribution in [0.1, 0.15) is 37.5 Å². The molecule has 0 aromatic carbocycles. The van der Waals surface area contributed by atoms with Crippen molar-refractivity contribution in [3.63, 3.8) is 0 Å². The lowest BCUT2D eigenvalue weighted by molar-refractivity contribution is 0.299. The standard InChI is InChI=1S/C13H17N5O2/c1-19-11-6-5-10(16-17-11)12-15-13(20-18-12)8-3-2-4-9(14)7-8/h5-6,8-9H,2-4,7,14H2,1H3. The Morgan fingerprint density at radius 3 is 2.90 bits per heavy atom. The van der Waals surface area contributed by atoms with Crippen LogP contribution in [0.3, 0.4) is 0 Å². The van der Waals surface area contributed by atoms with E-state index >= 15 is 0 Å². The van der Waals surface area contributed by atoms with E-state index in [0.29, 0.717) is 23.3 Å². The summed E-state index contributed by atoms with van der Waals surface area (Å²) in [6.45, 7) is 0. The Hall–Kier alpha value is -2.02. The normalized spacial score (nSPS) is 22.7. The molecular formula is C13H17N5O2. The number of rotatable bonds is 3. The van der Waals surface area contributed by atoms with Crippen LogP contribution in [-0.4, -0.2) is 33.5 Å². The summed E-state index contributed by atoms with van der Waals surface area (Å²) >= 11 is 0. The molecule has 20 heavy (non-hydrogen) atoms. The third kappa shape index (κ3) is 2.62. The summed E-state index contributed by atoms with van der Waals surface area (Å²) in [6, 6.07) is 3.70. The Kier molecular flexibility index (Phi) is 3.60. The summed E-state index contributed by atoms with van der Waals surface area (Å²) in [7, 11) is 1.54. The van der Waals surface area contributed by atoms with Crippen LogP contribution in [0, 0.1) is 0 Å². The zero-order chi connectivity index (χ0) is 13.9. The maximum absolute atomic E-state index is 5.99. The van der Waals surface area contributed by atoms with Crippen molar-refractivity contribution >= 4 is 0 Å². The fraction of sp³-hybridized carbons (Fsp3) is 0.538. The predicted octanol–water partition coefficient (Wildman–Crippen LogP) is 1.52. The number of ether oxygens (including phenoxy) is 1. The van der Waals surface area contributed by atoms with E-state index in [1.807, 2.05) is 0 Å². The highest BCUT2D eigenvalue weighted by Gasteiger charge is 2.26. The van der Waals surface area contributed by atoms with Gasteiger partial charge in [-0.25, -0.2) is 0 Å². The molecule has 1 saturated carbocycles. The lowest BCUT2D eigenvalue weighted by atomic mass is 9.86. The van der Waals surface area contributed by atoms with Gasteiger partial charge < -0.3 is 15.0 Å². The Bertz CT molecular complexity index is 568. The van der Waals surface area contributed by atoms with E-state index < -0.39 is 0 Å². The summed E-state index contributed by atoms with van der Waals surface area (Å²) in [5, 5.41) is 11.9. The quantitative estimate of drug-likeness (QED) is 0.906. The second-order valence-electron chi connectivity index (χ2n) is 5.04. The van der Waals surface area contributed by atoms with E-state index in [0.717, 1.165) is 25.7 Å². The first-order chi connectivity index (χ1) is 9.76. The van der Waals surface area contributed by atoms with Gasteiger partial charge >= 0.3 is 0 Å². The number of hydrogen-bond donors (Lipinski definition) is 1. The fourth-order valence-corrected chi connectivity index (χ4v) is 2.51. The van der Waals surface area contributed by atoms with Gasteiger partial charge in [0.2, 0.25) is 17.6 Å². The van der Waals surface area contributed by atoms with Crippen molar-refractivity contribution in [3.8, 4) is 17.4 Å². The minimum Gasteiger partial charge on any atom is -0.480 e. The molecule has 0 bridgehead atoms. The van der Waals surface area contributed by atoms with Gasteiger partial charge in [-0.15, -0.1) is 10.2 Å². The molecule has 2 atom stereocenters. The van der Waals surface area contributed by atoms with Crippen LogP contribution >= 0.6 is 0 Å². The molecular weight excluding hydrogens is 258 g/mol. The van der Waals surface area contributed by atoms with Crippen LogP contribution in [0.25, 0.3) is 11.5 Å². The van der Waals surface area contributed by atoms with Crippen molar-refractivity contribution in [1.82, 2.24) is 20.3 Å². The summed E-state index contributed by atoms with van der Waals surface area (Å²) in [4.78, 5) is 4.42. The fourth-order valence-electron chi connectivity index (χ4n) is 2.51. The van der Waals surface area contributed by atoms with Crippen molar-refractivity contribution in [2.45, 2.75) is 37.6 Å². The van der Waals surface area contributed by atoms with Crippen LogP contribution in [0.15, 0.2) is 16.7 Å². The van der Waals surface area contributed by atoms with Gasteiger partial charge in [0.05, 0.1) is 7.11 Å². The minimum absolute atomic E-state index is 0.227. The van der Waals surface area contributed by atoms with Crippen LogP contribution in [0.4, 0.5) is 0 Å². The predicted molar refractivity (Wildman–Crippen MR) is 71.1 cm³/mol. The highest BCUT2D eigenvalue weighted by Crippen LogP contribution is 2.31. The van der Waals surface area contributed by atoms with E-state index in [-0.39, 0.29) is 12.0 Å². The zero-order valence-corrected chi connectivity index (χ0v) is 11.3. The molecule has 1 fully saturated rings. The van der Waals surface area contributed by atoms with Gasteiger partial charge in [-0.05, 0) is 25.3 Å². The molecule has 106 valence electrons. The maximum Gasteiger partial charge on any atom is 0.233 e. The third-order valence-electron chi connectivity index (χ3n) is 3.58. The van der Waals surface area contributed by atoms with E-state index in [1.54, 1.807) is 19.2 Å². The zero-order valence-electron chi connectivity index (χ0n) is 11.3. The molecule has 7 heteroatoms. The first kappa shape index (κ1) is 13.0. The number of methoxy groups -OCH3 is 1. The average molecular weight is 275 g/mol. The average Bonchev–Trinajstić information content (AvgIpc) is 2.97. The van der Waals surface area contributed by atoms with Gasteiger partial charge in [-0.1, -0.05) is 11.6 Å². The second-order valence-corrected chi connectivity index (χ2v) is 5.04. The molecule has 0 amide bonds. The molecule has 2 aromatic rings. The SMILES string of the molecule is COc1ccc(-c2noc(C3CCCC(N)C3)n2)nn1. The van der Waals surface area contributed by atoms with Crippen molar-refractivity contribution in [2.24, 2.45) is 5.73 Å². The first-order valence-corrected chi connectivity index (χ1v) is 6.73. The largest absolute Gasteiger partial charge is 0.480 e. The van der Waals surface area contributed by atoms with Gasteiger partial charge in [-0.2, -0.15) is 4.98 Å². The third-order valence-corrected chi connectivity index (χ3v) is 3.58. The molecule has 2 aromatic heterocycles. The van der Waals surface area contributed by atoms with Gasteiger partial charge in [-0.3, -0.25) is 0 Å². The molecule has 2 unspecified atom stereocenters. The van der Waals surface area contributed by atoms with Gasteiger partial charge in [0.15, 0.2) is 0 Å². The maximum atomic E-state index is 5.99. The molecule has 1 aliphatic carbocycles. The van der Waals surface area contributed by atoms with E-state index in [1.165, 1.54) is 0 Å². The Morgan fingerprint density at radius 2 is 2.20 bits per heavy atom. The lowest BCUT2D eigenvalue weighted by Gasteiger charge is -2.23. The second kappa shape index (κ2) is 5.54. The molecule has 0 spiro atoms. The molecule has 3 rings (SSSR count). The van der Waals surface area contributed by atoms with Crippen molar-refractivity contribution in [1.29, 1.82) is 0 Å². The van der Waals surface area contributed by atoms with E-state index in [9.17, 15) is 0 Å². The molecule has 7 nitrogen and oxygen atoms in total. The highest BCUT2D eigenvalue weighted by molar-refractivity contribution is 5.47. The van der Waals surface area contributed by atoms with Gasteiger partial charge in [0.25, 0.3) is 0 Å². The number of nitrogens with zero attached hydrogens (tertiary/aromatic N) is 4. The number of aromatic nitrogens is 4. The Morgan fingerprint density at radius 1 is 1.30 bits per heavy atom. The first-order valence-electron chi connectivity index (χ1n) is 6.73. The summed E-state index contributed by atoms with van der Waals surface area (Å²) in [5.74, 6) is 1.81. The van der Waals surface area contributed by atoms with Gasteiger partial charge in [0.1, 0.15) is 5.69 Å². The van der Waals surface area contributed by atoms with Crippen LogP contribution in [-0.2, 0) is 0 Å². The molecule has 2 heterocycles. The molecule has 0 radical (unpaired) electrons. The molecule has 2 N–H and O–H groups in total. The summed E-state index contributed by atoms with van der Waals surface area (Å²) in [6.07, 6.45) is 4.12. The molecule has 0 aliphatic heterocycles. The van der Waals surface area contributed by atoms with Crippen LogP contribution < -0.4 is 10.5 Å². The monoisotopic (exact) mass is 275 g/mol. The van der Waals surface area contributed by atoms with Crippen molar-refractivity contribution < 1.29 is 9.26 Å². The van der Waals surface area contributed by atoms with E-state index in [4.69, 9.17) is 15.0 Å². The number of nitrogens with two attached hydrogens (primary N) is 1. The highest BCUT2D eigenvalue weighted by atomic mass is 16.5. The molecule has 1 aliphatic rings. The summed E-state index contributed by atoms with van der Waals surface area (Å²) in [5.41, 5.74) is 6.56. The topological polar surface area (TPSA) is 100.0 Å². The summed E-state index contributed by atoms with van der Waals surface area (Å²) < 4.78 is 10.3. The van der Waals surface area contributed by atoms with Crippen LogP contribution in [0.2, 0.25) is 0 Å². The lowest BCUT2D eigenvalue weighted by Crippen LogP contribution is -2.26. The smallest absolute Gasteiger partial charge is 0.233 e. The van der Waals surface area contributed by atoms with Gasteiger partial charge in [0, 0.05) is 18.0 Å². The Balaban J connectivity index is 1.78. The molecule has 0 saturated heterocycles. The number of hydrogen-bond acceptors (Lipinski definition) is 7. The van der Waals surface area contributed by atoms with Crippen LogP contribution in [0.5, 0.6) is 5.88 Å². The van der Waals surface area contributed by atoms with Crippen molar-refractivity contribution in [2.75, 3.05) is 7.11 Å². The minimum atomic E-state index is 0.227. The van der Waals surface area contributed by atoms with E-state index in [2.05, 4.69) is 20.3 Å². The van der Waals surface area contributed by atoms with Crippen molar-refractivity contribution in [3.05, 3.63) is 18.0 Å².